The Morgan fingerprint density at radius 2 is 1.89 bits per heavy atom. The molecule has 0 aromatic heterocycles. The van der Waals surface area contributed by atoms with Crippen LogP contribution < -0.4 is 11.1 Å². The standard InChI is InChI=1S/C19H27N3O5/c1-11(2)16(20)17(24)21-14(10-12-5-7-13(23)8-6-12)18(25)22-9-3-4-15(22)19(26)27/h5-8,11,14-16,23H,3-4,9-10,20H2,1-2H3,(H,21,24)(H,26,27)/t14-,15+,16-/m0/s1. The highest BCUT2D eigenvalue weighted by atomic mass is 16.4. The average Bonchev–Trinajstić information content (AvgIpc) is 3.11. The minimum Gasteiger partial charge on any atom is -0.508 e. The van der Waals surface area contributed by atoms with Crippen molar-refractivity contribution in [3.63, 3.8) is 0 Å². The second kappa shape index (κ2) is 8.85. The van der Waals surface area contributed by atoms with Crippen LogP contribution in [0.5, 0.6) is 5.75 Å². The van der Waals surface area contributed by atoms with Crippen LogP contribution in [-0.2, 0) is 20.8 Å². The number of carboxylic acids is 1. The number of nitrogens with zero attached hydrogens (tertiary/aromatic N) is 1. The van der Waals surface area contributed by atoms with Gasteiger partial charge in [0.1, 0.15) is 17.8 Å². The molecule has 0 spiro atoms. The van der Waals surface area contributed by atoms with E-state index in [0.717, 1.165) is 5.56 Å². The molecule has 27 heavy (non-hydrogen) atoms. The Labute approximate surface area is 158 Å². The number of carbonyl (C=O) groups is 3. The third-order valence-corrected chi connectivity index (χ3v) is 4.83. The number of carbonyl (C=O) groups excluding carboxylic acids is 2. The summed E-state index contributed by atoms with van der Waals surface area (Å²) in [6, 6.07) is 3.73. The summed E-state index contributed by atoms with van der Waals surface area (Å²) in [7, 11) is 0. The molecule has 0 radical (unpaired) electrons. The number of hydrogen-bond donors (Lipinski definition) is 4. The number of rotatable bonds is 7. The van der Waals surface area contributed by atoms with Crippen molar-refractivity contribution >= 4 is 17.8 Å². The third kappa shape index (κ3) is 5.19. The van der Waals surface area contributed by atoms with Gasteiger partial charge >= 0.3 is 5.97 Å². The monoisotopic (exact) mass is 377 g/mol. The molecule has 3 atom stereocenters. The molecule has 1 heterocycles. The van der Waals surface area contributed by atoms with Crippen LogP contribution in [0.25, 0.3) is 0 Å². The molecule has 2 amide bonds. The number of aliphatic carboxylic acids is 1. The number of carboxylic acid groups (broad SMARTS) is 1. The second-order valence-electron chi connectivity index (χ2n) is 7.23. The van der Waals surface area contributed by atoms with Gasteiger partial charge in [-0.25, -0.2) is 4.79 Å². The van der Waals surface area contributed by atoms with Gasteiger partial charge in [-0.3, -0.25) is 9.59 Å². The maximum atomic E-state index is 13.0. The number of phenolic OH excluding ortho intramolecular Hbond substituents is 1. The molecular formula is C19H27N3O5. The third-order valence-electron chi connectivity index (χ3n) is 4.83. The summed E-state index contributed by atoms with van der Waals surface area (Å²) in [5.41, 5.74) is 6.62. The highest BCUT2D eigenvalue weighted by Crippen LogP contribution is 2.20. The largest absolute Gasteiger partial charge is 0.508 e. The van der Waals surface area contributed by atoms with E-state index in [-0.39, 0.29) is 18.1 Å². The zero-order valence-electron chi connectivity index (χ0n) is 15.6. The van der Waals surface area contributed by atoms with Crippen molar-refractivity contribution in [2.45, 2.75) is 51.2 Å². The minimum absolute atomic E-state index is 0.0953. The van der Waals surface area contributed by atoms with E-state index in [1.165, 1.54) is 17.0 Å². The van der Waals surface area contributed by atoms with E-state index in [4.69, 9.17) is 5.73 Å². The molecular weight excluding hydrogens is 350 g/mol. The minimum atomic E-state index is -1.05. The van der Waals surface area contributed by atoms with Crippen molar-refractivity contribution in [3.8, 4) is 5.75 Å². The first kappa shape index (κ1) is 20.7. The molecule has 1 aliphatic rings. The number of hydrogen-bond acceptors (Lipinski definition) is 5. The van der Waals surface area contributed by atoms with E-state index in [9.17, 15) is 24.6 Å². The molecule has 8 nitrogen and oxygen atoms in total. The van der Waals surface area contributed by atoms with Crippen LogP contribution in [0.1, 0.15) is 32.3 Å². The number of likely N-dealkylation sites (tertiary alicyclic amines) is 1. The first-order chi connectivity index (χ1) is 12.7. The molecule has 8 heteroatoms. The Kier molecular flexibility index (Phi) is 6.79. The number of phenols is 1. The molecule has 1 fully saturated rings. The lowest BCUT2D eigenvalue weighted by atomic mass is 10.0. The highest BCUT2D eigenvalue weighted by molar-refractivity contribution is 5.92. The van der Waals surface area contributed by atoms with E-state index in [2.05, 4.69) is 5.32 Å². The predicted octanol–water partition coefficient (Wildman–Crippen LogP) is 0.478. The van der Waals surface area contributed by atoms with E-state index >= 15 is 0 Å². The lowest BCUT2D eigenvalue weighted by molar-refractivity contribution is -0.149. The molecule has 0 saturated carbocycles. The number of benzene rings is 1. The first-order valence-corrected chi connectivity index (χ1v) is 9.08. The fraction of sp³-hybridized carbons (Fsp3) is 0.526. The van der Waals surface area contributed by atoms with Gasteiger partial charge in [0, 0.05) is 13.0 Å². The van der Waals surface area contributed by atoms with Crippen molar-refractivity contribution in [3.05, 3.63) is 29.8 Å². The highest BCUT2D eigenvalue weighted by Gasteiger charge is 2.38. The van der Waals surface area contributed by atoms with Crippen LogP contribution in [0.4, 0.5) is 0 Å². The maximum absolute atomic E-state index is 13.0. The van der Waals surface area contributed by atoms with Gasteiger partial charge in [-0.05, 0) is 36.5 Å². The Morgan fingerprint density at radius 1 is 1.26 bits per heavy atom. The average molecular weight is 377 g/mol. The van der Waals surface area contributed by atoms with Gasteiger partial charge in [-0.1, -0.05) is 26.0 Å². The summed E-state index contributed by atoms with van der Waals surface area (Å²) >= 11 is 0. The maximum Gasteiger partial charge on any atom is 0.326 e. The molecule has 1 aromatic rings. The van der Waals surface area contributed by atoms with Crippen molar-refractivity contribution in [2.75, 3.05) is 6.54 Å². The van der Waals surface area contributed by atoms with Crippen molar-refractivity contribution in [2.24, 2.45) is 11.7 Å². The number of nitrogens with two attached hydrogens (primary N) is 1. The van der Waals surface area contributed by atoms with Crippen LogP contribution in [-0.4, -0.2) is 57.6 Å². The molecule has 0 unspecified atom stereocenters. The Hall–Kier alpha value is -2.61. The summed E-state index contributed by atoms with van der Waals surface area (Å²) in [6.45, 7) is 3.96. The summed E-state index contributed by atoms with van der Waals surface area (Å²) in [6.07, 6.45) is 1.18. The van der Waals surface area contributed by atoms with Crippen molar-refractivity contribution in [1.29, 1.82) is 0 Å². The topological polar surface area (TPSA) is 133 Å². The fourth-order valence-corrected chi connectivity index (χ4v) is 3.13. The van der Waals surface area contributed by atoms with E-state index in [1.807, 2.05) is 13.8 Å². The van der Waals surface area contributed by atoms with Crippen LogP contribution in [0.15, 0.2) is 24.3 Å². The van der Waals surface area contributed by atoms with Gasteiger partial charge in [-0.15, -0.1) is 0 Å². The Bertz CT molecular complexity index is 689. The van der Waals surface area contributed by atoms with Crippen LogP contribution in [0.3, 0.4) is 0 Å². The van der Waals surface area contributed by atoms with Crippen LogP contribution in [0, 0.1) is 5.92 Å². The number of nitrogens with one attached hydrogen (secondary N) is 1. The summed E-state index contributed by atoms with van der Waals surface area (Å²) in [5.74, 6) is -1.94. The van der Waals surface area contributed by atoms with E-state index in [1.54, 1.807) is 12.1 Å². The number of amides is 2. The summed E-state index contributed by atoms with van der Waals surface area (Å²) < 4.78 is 0. The van der Waals surface area contributed by atoms with Crippen LogP contribution >= 0.6 is 0 Å². The first-order valence-electron chi connectivity index (χ1n) is 9.08. The van der Waals surface area contributed by atoms with Crippen LogP contribution in [0.2, 0.25) is 0 Å². The van der Waals surface area contributed by atoms with Gasteiger partial charge in [0.05, 0.1) is 6.04 Å². The molecule has 1 aromatic carbocycles. The molecule has 2 rings (SSSR count). The van der Waals surface area contributed by atoms with E-state index < -0.39 is 35.9 Å². The van der Waals surface area contributed by atoms with Gasteiger partial charge < -0.3 is 26.2 Å². The van der Waals surface area contributed by atoms with Gasteiger partial charge in [-0.2, -0.15) is 0 Å². The summed E-state index contributed by atoms with van der Waals surface area (Å²) in [5, 5.41) is 21.5. The lowest BCUT2D eigenvalue weighted by Gasteiger charge is -2.28. The molecule has 5 N–H and O–H groups in total. The Morgan fingerprint density at radius 3 is 2.44 bits per heavy atom. The van der Waals surface area contributed by atoms with Crippen molar-refractivity contribution in [1.82, 2.24) is 10.2 Å². The molecule has 0 bridgehead atoms. The zero-order chi connectivity index (χ0) is 20.1. The van der Waals surface area contributed by atoms with Gasteiger partial charge in [0.25, 0.3) is 0 Å². The molecule has 0 aliphatic carbocycles. The smallest absolute Gasteiger partial charge is 0.326 e. The lowest BCUT2D eigenvalue weighted by Crippen LogP contribution is -2.56. The Balaban J connectivity index is 2.22. The molecule has 148 valence electrons. The van der Waals surface area contributed by atoms with Gasteiger partial charge in [0.2, 0.25) is 11.8 Å². The SMILES string of the molecule is CC(C)[C@H](N)C(=O)N[C@@H](Cc1ccc(O)cc1)C(=O)N1CCC[C@@H]1C(=O)O. The second-order valence-corrected chi connectivity index (χ2v) is 7.23. The zero-order valence-corrected chi connectivity index (χ0v) is 15.6. The molecule has 1 saturated heterocycles. The summed E-state index contributed by atoms with van der Waals surface area (Å²) in [4.78, 5) is 38.2. The molecule has 1 aliphatic heterocycles. The van der Waals surface area contributed by atoms with E-state index in [0.29, 0.717) is 19.4 Å². The normalized spacial score (nSPS) is 19.0. The fourth-order valence-electron chi connectivity index (χ4n) is 3.13. The van der Waals surface area contributed by atoms with Gasteiger partial charge in [0.15, 0.2) is 0 Å². The predicted molar refractivity (Wildman–Crippen MR) is 98.9 cm³/mol. The van der Waals surface area contributed by atoms with Crippen molar-refractivity contribution < 1.29 is 24.6 Å². The quantitative estimate of drug-likeness (QED) is 0.546. The number of aromatic hydroxyl groups is 1.